The number of hydrogen-bond acceptors (Lipinski definition) is 3. The van der Waals surface area contributed by atoms with Gasteiger partial charge in [-0.3, -0.25) is 4.98 Å². The minimum absolute atomic E-state index is 0.106. The highest BCUT2D eigenvalue weighted by atomic mass is 16.3. The molecular weight excluding hydrogens is 176 g/mol. The molecule has 1 heterocycles. The maximum Gasteiger partial charge on any atom is 0.0657 e. The van der Waals surface area contributed by atoms with Crippen LogP contribution in [0.5, 0.6) is 0 Å². The first-order valence-electron chi connectivity index (χ1n) is 5.04. The van der Waals surface area contributed by atoms with E-state index in [-0.39, 0.29) is 12.1 Å². The molecule has 0 aromatic carbocycles. The predicted octanol–water partition coefficient (Wildman–Crippen LogP) is 1.04. The first-order valence-corrected chi connectivity index (χ1v) is 5.04. The molecular formula is C11H16N2O. The molecule has 1 saturated carbocycles. The van der Waals surface area contributed by atoms with Gasteiger partial charge in [0.25, 0.3) is 0 Å². The molecule has 0 amide bonds. The Hall–Kier alpha value is -0.930. The van der Waals surface area contributed by atoms with E-state index < -0.39 is 0 Å². The van der Waals surface area contributed by atoms with Crippen molar-refractivity contribution in [3.8, 4) is 0 Å². The van der Waals surface area contributed by atoms with Crippen molar-refractivity contribution >= 4 is 0 Å². The third kappa shape index (κ3) is 1.94. The van der Waals surface area contributed by atoms with E-state index in [0.29, 0.717) is 6.04 Å². The fourth-order valence-corrected chi connectivity index (χ4v) is 1.59. The summed E-state index contributed by atoms with van der Waals surface area (Å²) in [6.45, 7) is 2.12. The minimum atomic E-state index is -0.338. The summed E-state index contributed by atoms with van der Waals surface area (Å²) in [5.41, 5.74) is 0.713. The predicted molar refractivity (Wildman–Crippen MR) is 54.8 cm³/mol. The third-order valence-corrected chi connectivity index (χ3v) is 2.71. The molecule has 3 nitrogen and oxygen atoms in total. The Balaban J connectivity index is 2.17. The lowest BCUT2D eigenvalue weighted by Crippen LogP contribution is -2.44. The summed E-state index contributed by atoms with van der Waals surface area (Å²) in [5.74, 6) is 0. The summed E-state index contributed by atoms with van der Waals surface area (Å²) in [6, 6.07) is 4.48. The Labute approximate surface area is 84.2 Å². The molecule has 1 atom stereocenters. The Morgan fingerprint density at radius 1 is 1.64 bits per heavy atom. The van der Waals surface area contributed by atoms with E-state index in [1.54, 1.807) is 6.20 Å². The van der Waals surface area contributed by atoms with Gasteiger partial charge in [-0.2, -0.15) is 0 Å². The van der Waals surface area contributed by atoms with Gasteiger partial charge in [0.05, 0.1) is 12.1 Å². The van der Waals surface area contributed by atoms with Gasteiger partial charge in [-0.15, -0.1) is 0 Å². The van der Waals surface area contributed by atoms with E-state index in [2.05, 4.69) is 10.3 Å². The van der Waals surface area contributed by atoms with Crippen molar-refractivity contribution in [2.45, 2.75) is 31.3 Å². The molecule has 2 N–H and O–H groups in total. The van der Waals surface area contributed by atoms with Crippen molar-refractivity contribution in [2.75, 3.05) is 6.61 Å². The molecule has 76 valence electrons. The second-order valence-electron chi connectivity index (χ2n) is 4.15. The fourth-order valence-electron chi connectivity index (χ4n) is 1.59. The van der Waals surface area contributed by atoms with Gasteiger partial charge < -0.3 is 10.4 Å². The first kappa shape index (κ1) is 9.62. The van der Waals surface area contributed by atoms with Crippen LogP contribution in [-0.2, 0) is 5.54 Å². The van der Waals surface area contributed by atoms with Crippen LogP contribution in [0.15, 0.2) is 24.5 Å². The average Bonchev–Trinajstić information content (AvgIpc) is 3.03. The zero-order valence-corrected chi connectivity index (χ0v) is 8.40. The topological polar surface area (TPSA) is 45.1 Å². The van der Waals surface area contributed by atoms with E-state index >= 15 is 0 Å². The van der Waals surface area contributed by atoms with Crippen molar-refractivity contribution in [3.05, 3.63) is 30.1 Å². The number of aromatic nitrogens is 1. The second kappa shape index (κ2) is 3.67. The molecule has 1 aliphatic carbocycles. The van der Waals surface area contributed by atoms with E-state index in [1.165, 1.54) is 12.8 Å². The Bertz CT molecular complexity index is 297. The second-order valence-corrected chi connectivity index (χ2v) is 4.15. The Morgan fingerprint density at radius 3 is 2.93 bits per heavy atom. The smallest absolute Gasteiger partial charge is 0.0657 e. The molecule has 1 unspecified atom stereocenters. The van der Waals surface area contributed by atoms with Crippen molar-refractivity contribution in [1.29, 1.82) is 0 Å². The summed E-state index contributed by atoms with van der Waals surface area (Å²) < 4.78 is 0. The van der Waals surface area contributed by atoms with Crippen molar-refractivity contribution in [1.82, 2.24) is 10.3 Å². The van der Waals surface area contributed by atoms with Crippen LogP contribution in [0.3, 0.4) is 0 Å². The van der Waals surface area contributed by atoms with Crippen molar-refractivity contribution in [3.63, 3.8) is 0 Å². The summed E-state index contributed by atoms with van der Waals surface area (Å²) in [5, 5.41) is 12.9. The summed E-state index contributed by atoms with van der Waals surface area (Å²) in [4.78, 5) is 4.08. The van der Waals surface area contributed by atoms with Gasteiger partial charge in [0.1, 0.15) is 0 Å². The van der Waals surface area contributed by atoms with Crippen LogP contribution in [-0.4, -0.2) is 22.7 Å². The van der Waals surface area contributed by atoms with Crippen LogP contribution >= 0.6 is 0 Å². The van der Waals surface area contributed by atoms with Gasteiger partial charge in [-0.25, -0.2) is 0 Å². The number of aliphatic hydroxyl groups excluding tert-OH is 1. The van der Waals surface area contributed by atoms with Gasteiger partial charge in [0, 0.05) is 18.4 Å². The number of nitrogens with one attached hydrogen (secondary N) is 1. The molecule has 0 radical (unpaired) electrons. The van der Waals surface area contributed by atoms with E-state index in [1.807, 2.05) is 25.3 Å². The van der Waals surface area contributed by atoms with Crippen LogP contribution in [0, 0.1) is 0 Å². The summed E-state index contributed by atoms with van der Waals surface area (Å²) >= 11 is 0. The van der Waals surface area contributed by atoms with Crippen LogP contribution in [0.4, 0.5) is 0 Å². The van der Waals surface area contributed by atoms with Crippen LogP contribution < -0.4 is 5.32 Å². The molecule has 3 heteroatoms. The summed E-state index contributed by atoms with van der Waals surface area (Å²) in [6.07, 6.45) is 6.00. The maximum atomic E-state index is 9.43. The van der Waals surface area contributed by atoms with Gasteiger partial charge in [-0.1, -0.05) is 6.07 Å². The lowest BCUT2D eigenvalue weighted by molar-refractivity contribution is 0.173. The first-order chi connectivity index (χ1) is 6.74. The van der Waals surface area contributed by atoms with E-state index in [9.17, 15) is 5.11 Å². The Morgan fingerprint density at radius 2 is 2.43 bits per heavy atom. The number of aliphatic hydroxyl groups is 1. The lowest BCUT2D eigenvalue weighted by Gasteiger charge is -2.29. The van der Waals surface area contributed by atoms with Gasteiger partial charge in [-0.05, 0) is 31.4 Å². The van der Waals surface area contributed by atoms with Gasteiger partial charge in [0.15, 0.2) is 0 Å². The molecule has 0 spiro atoms. The van der Waals surface area contributed by atoms with Gasteiger partial charge >= 0.3 is 0 Å². The molecule has 1 fully saturated rings. The standard InChI is InChI=1S/C11H16N2O/c1-11(8-14,13-10-4-5-10)9-3-2-6-12-7-9/h2-3,6-7,10,13-14H,4-5,8H2,1H3. The highest BCUT2D eigenvalue weighted by molar-refractivity contribution is 5.20. The van der Waals surface area contributed by atoms with E-state index in [4.69, 9.17) is 0 Å². The number of hydrogen-bond donors (Lipinski definition) is 2. The number of nitrogens with zero attached hydrogens (tertiary/aromatic N) is 1. The molecule has 0 bridgehead atoms. The zero-order chi connectivity index (χ0) is 10.0. The number of pyridine rings is 1. The van der Waals surface area contributed by atoms with Crippen LogP contribution in [0.2, 0.25) is 0 Å². The highest BCUT2D eigenvalue weighted by Gasteiger charge is 2.33. The highest BCUT2D eigenvalue weighted by Crippen LogP contribution is 2.27. The molecule has 14 heavy (non-hydrogen) atoms. The third-order valence-electron chi connectivity index (χ3n) is 2.71. The Kier molecular flexibility index (Phi) is 2.52. The van der Waals surface area contributed by atoms with Gasteiger partial charge in [0.2, 0.25) is 0 Å². The maximum absolute atomic E-state index is 9.43. The average molecular weight is 192 g/mol. The quantitative estimate of drug-likeness (QED) is 0.749. The molecule has 1 aliphatic rings. The summed E-state index contributed by atoms with van der Waals surface area (Å²) in [7, 11) is 0. The molecule has 1 aromatic rings. The number of rotatable bonds is 4. The van der Waals surface area contributed by atoms with Crippen molar-refractivity contribution in [2.24, 2.45) is 0 Å². The van der Waals surface area contributed by atoms with E-state index in [0.717, 1.165) is 5.56 Å². The normalized spacial score (nSPS) is 20.4. The molecule has 0 saturated heterocycles. The largest absolute Gasteiger partial charge is 0.394 e. The fraction of sp³-hybridized carbons (Fsp3) is 0.545. The van der Waals surface area contributed by atoms with Crippen molar-refractivity contribution < 1.29 is 5.11 Å². The molecule has 1 aromatic heterocycles. The minimum Gasteiger partial charge on any atom is -0.394 e. The SMILES string of the molecule is CC(CO)(NC1CC1)c1cccnc1. The van der Waals surface area contributed by atoms with Crippen LogP contribution in [0.25, 0.3) is 0 Å². The monoisotopic (exact) mass is 192 g/mol. The van der Waals surface area contributed by atoms with Crippen LogP contribution in [0.1, 0.15) is 25.3 Å². The molecule has 2 rings (SSSR count). The molecule has 0 aliphatic heterocycles. The lowest BCUT2D eigenvalue weighted by atomic mass is 9.94. The zero-order valence-electron chi connectivity index (χ0n) is 8.40.